The molecule has 4 nitrogen and oxygen atoms in total. The number of allylic oxidation sites excluding steroid dienone is 3. The predicted octanol–water partition coefficient (Wildman–Crippen LogP) is 4.98. The largest absolute Gasteiger partial charge is 2.00 e. The van der Waals surface area contributed by atoms with Crippen LogP contribution in [-0.2, 0) is 31.4 Å². The van der Waals surface area contributed by atoms with Crippen LogP contribution >= 0.6 is 0 Å². The second-order valence-electron chi connectivity index (χ2n) is 8.33. The van der Waals surface area contributed by atoms with Gasteiger partial charge in [0.15, 0.2) is 5.78 Å². The number of carbonyl (C=O) groups excluding carboxylic acids is 2. The van der Waals surface area contributed by atoms with Crippen molar-refractivity contribution in [2.75, 3.05) is 6.61 Å². The van der Waals surface area contributed by atoms with Crippen molar-refractivity contribution in [3.63, 3.8) is 0 Å². The minimum absolute atomic E-state index is 0. The molecule has 2 aromatic rings. The van der Waals surface area contributed by atoms with Crippen LogP contribution in [0, 0.1) is 5.41 Å². The van der Waals surface area contributed by atoms with E-state index >= 15 is 0 Å². The second kappa shape index (κ2) is 10.1. The molecule has 1 aliphatic heterocycles. The minimum atomic E-state index is -0.349. The average Bonchev–Trinajstić information content (AvgIpc) is 3.36. The van der Waals surface area contributed by atoms with E-state index in [1.54, 1.807) is 6.92 Å². The van der Waals surface area contributed by atoms with Crippen molar-refractivity contribution in [2.45, 2.75) is 46.5 Å². The summed E-state index contributed by atoms with van der Waals surface area (Å²) in [5.74, 6) is -0.564. The summed E-state index contributed by atoms with van der Waals surface area (Å²) in [5, 5.41) is 3.32. The fourth-order valence-corrected chi connectivity index (χ4v) is 4.15. The van der Waals surface area contributed by atoms with Crippen molar-refractivity contribution in [3.8, 4) is 0 Å². The van der Waals surface area contributed by atoms with E-state index in [2.05, 4.69) is 19.2 Å². The van der Waals surface area contributed by atoms with Crippen LogP contribution in [0.3, 0.4) is 0 Å². The van der Waals surface area contributed by atoms with Gasteiger partial charge in [-0.15, -0.1) is 0 Å². The second-order valence-corrected chi connectivity index (χ2v) is 8.33. The first-order chi connectivity index (χ1) is 13.8. The zero-order chi connectivity index (χ0) is 21.0. The Morgan fingerprint density at radius 1 is 1.20 bits per heavy atom. The van der Waals surface area contributed by atoms with Gasteiger partial charge in [0, 0.05) is 29.3 Å². The molecule has 0 spiro atoms. The van der Waals surface area contributed by atoms with Crippen molar-refractivity contribution in [3.05, 3.63) is 82.7 Å². The van der Waals surface area contributed by atoms with Crippen molar-refractivity contribution in [2.24, 2.45) is 5.41 Å². The number of nitrogens with one attached hydrogen (secondary N) is 1. The molecule has 1 heterocycles. The van der Waals surface area contributed by atoms with Gasteiger partial charge in [0.1, 0.15) is 0 Å². The van der Waals surface area contributed by atoms with E-state index in [9.17, 15) is 9.59 Å². The maximum atomic E-state index is 12.9. The zero-order valence-corrected chi connectivity index (χ0v) is 19.1. The molecule has 2 aliphatic rings. The molecule has 0 fully saturated rings. The number of dihydropyridines is 1. The van der Waals surface area contributed by atoms with Crippen molar-refractivity contribution in [1.82, 2.24) is 5.32 Å². The van der Waals surface area contributed by atoms with Gasteiger partial charge in [-0.3, -0.25) is 4.79 Å². The van der Waals surface area contributed by atoms with Crippen LogP contribution in [0.4, 0.5) is 0 Å². The Bertz CT molecular complexity index is 901. The maximum Gasteiger partial charge on any atom is 2.00 e. The molecule has 0 saturated heterocycles. The Morgan fingerprint density at radius 2 is 1.90 bits per heavy atom. The molecule has 0 saturated carbocycles. The van der Waals surface area contributed by atoms with Crippen LogP contribution in [0.1, 0.15) is 52.0 Å². The van der Waals surface area contributed by atoms with E-state index in [1.165, 1.54) is 0 Å². The first-order valence-corrected chi connectivity index (χ1v) is 10.1. The minimum Gasteiger partial charge on any atom is -0.463 e. The van der Waals surface area contributed by atoms with Crippen LogP contribution in [0.2, 0.25) is 0 Å². The standard InChI is InChI=1S/C20H24NO3.C5H5.Fe/c1-5-24-19(23)16-12(2)21-14-10-20(3,4)11-15(22)18(14)17(16)13-8-6-7-9-13;1-2-4-5-3-1;/h6-9,17,21H,5,10-11H2,1-4H3;1-5H;/q2*-1;+2. The van der Waals surface area contributed by atoms with Gasteiger partial charge in [-0.05, 0) is 25.7 Å². The van der Waals surface area contributed by atoms with E-state index in [0.717, 1.165) is 29.0 Å². The third-order valence-electron chi connectivity index (χ3n) is 5.31. The van der Waals surface area contributed by atoms with Crippen LogP contribution in [-0.4, -0.2) is 18.4 Å². The molecule has 0 amide bonds. The van der Waals surface area contributed by atoms with Gasteiger partial charge in [-0.2, -0.15) is 35.9 Å². The summed E-state index contributed by atoms with van der Waals surface area (Å²) >= 11 is 0. The van der Waals surface area contributed by atoms with E-state index in [1.807, 2.05) is 61.5 Å². The van der Waals surface area contributed by atoms with Gasteiger partial charge in [0.05, 0.1) is 12.2 Å². The molecular formula is C25H29FeNO3. The zero-order valence-electron chi connectivity index (χ0n) is 18.0. The van der Waals surface area contributed by atoms with Gasteiger partial charge in [-0.1, -0.05) is 13.8 Å². The topological polar surface area (TPSA) is 55.4 Å². The van der Waals surface area contributed by atoms with Crippen LogP contribution in [0.5, 0.6) is 0 Å². The number of hydrogen-bond acceptors (Lipinski definition) is 4. The molecule has 0 bridgehead atoms. The summed E-state index contributed by atoms with van der Waals surface area (Å²) < 4.78 is 5.27. The fourth-order valence-electron chi connectivity index (χ4n) is 4.15. The number of carbonyl (C=O) groups is 2. The molecule has 1 N–H and O–H groups in total. The van der Waals surface area contributed by atoms with Gasteiger partial charge < -0.3 is 10.1 Å². The summed E-state index contributed by atoms with van der Waals surface area (Å²) in [6.07, 6.45) is 1.30. The van der Waals surface area contributed by atoms with Crippen LogP contribution in [0.15, 0.2) is 77.1 Å². The molecule has 5 heteroatoms. The van der Waals surface area contributed by atoms with Crippen molar-refractivity contribution < 1.29 is 31.4 Å². The van der Waals surface area contributed by atoms with Gasteiger partial charge in [0.25, 0.3) is 0 Å². The Kier molecular flexibility index (Phi) is 8.05. The maximum absolute atomic E-state index is 12.9. The number of esters is 1. The van der Waals surface area contributed by atoms with E-state index in [4.69, 9.17) is 4.74 Å². The quantitative estimate of drug-likeness (QED) is 0.410. The third-order valence-corrected chi connectivity index (χ3v) is 5.31. The summed E-state index contributed by atoms with van der Waals surface area (Å²) in [7, 11) is 0. The Hall–Kier alpha value is -2.36. The molecular weight excluding hydrogens is 418 g/mol. The molecule has 0 aromatic heterocycles. The summed E-state index contributed by atoms with van der Waals surface area (Å²) in [6, 6.07) is 17.8. The fraction of sp³-hybridized carbons (Fsp3) is 0.360. The normalized spacial score (nSPS) is 19.7. The SMILES string of the molecule is CCOC(=O)C1=C(C)NC2=C(C(=O)CC(C)(C)C2)C1c1ccc[cH-]1.[Fe+2].c1cc[cH-]c1. The summed E-state index contributed by atoms with van der Waals surface area (Å²) in [5.41, 5.74) is 3.92. The first kappa shape index (κ1) is 23.9. The molecule has 1 atom stereocenters. The van der Waals surface area contributed by atoms with Gasteiger partial charge in [0.2, 0.25) is 0 Å². The molecule has 0 radical (unpaired) electrons. The number of rotatable bonds is 3. The van der Waals surface area contributed by atoms with E-state index in [-0.39, 0.29) is 40.2 Å². The number of hydrogen-bond donors (Lipinski definition) is 1. The van der Waals surface area contributed by atoms with Crippen molar-refractivity contribution >= 4 is 11.8 Å². The molecule has 2 aromatic carbocycles. The van der Waals surface area contributed by atoms with Gasteiger partial charge >= 0.3 is 23.0 Å². The average molecular weight is 447 g/mol. The smallest absolute Gasteiger partial charge is 0.463 e. The Balaban J connectivity index is 0.000000468. The van der Waals surface area contributed by atoms with Crippen LogP contribution in [0.25, 0.3) is 0 Å². The molecule has 1 aliphatic carbocycles. The van der Waals surface area contributed by atoms with E-state index in [0.29, 0.717) is 18.6 Å². The number of Topliss-reactive ketones (excluding diaryl/α,β-unsaturated/α-hetero) is 1. The number of ketones is 1. The van der Waals surface area contributed by atoms with Gasteiger partial charge in [-0.25, -0.2) is 29.1 Å². The molecule has 30 heavy (non-hydrogen) atoms. The summed E-state index contributed by atoms with van der Waals surface area (Å²) in [6.45, 7) is 8.20. The molecule has 4 rings (SSSR count). The van der Waals surface area contributed by atoms with Crippen molar-refractivity contribution in [1.29, 1.82) is 0 Å². The number of ether oxygens (including phenoxy) is 1. The first-order valence-electron chi connectivity index (χ1n) is 10.1. The predicted molar refractivity (Wildman–Crippen MR) is 114 cm³/mol. The van der Waals surface area contributed by atoms with Crippen LogP contribution < -0.4 is 5.32 Å². The Morgan fingerprint density at radius 3 is 2.43 bits per heavy atom. The molecule has 1 unspecified atom stereocenters. The summed E-state index contributed by atoms with van der Waals surface area (Å²) in [4.78, 5) is 25.5. The third kappa shape index (κ3) is 5.21. The Labute approximate surface area is 189 Å². The monoisotopic (exact) mass is 447 g/mol. The molecule has 160 valence electrons. The van der Waals surface area contributed by atoms with E-state index < -0.39 is 0 Å².